The minimum atomic E-state index is -0.899. The number of carboxylic acids is 1. The third kappa shape index (κ3) is 1.47. The van der Waals surface area contributed by atoms with Gasteiger partial charge >= 0.3 is 5.97 Å². The molecule has 0 aliphatic carbocycles. The zero-order chi connectivity index (χ0) is 11.0. The van der Waals surface area contributed by atoms with Crippen molar-refractivity contribution in [1.29, 1.82) is 0 Å². The number of rotatable bonds is 3. The van der Waals surface area contributed by atoms with E-state index in [2.05, 4.69) is 10.2 Å². The summed E-state index contributed by atoms with van der Waals surface area (Å²) in [7, 11) is 0. The Balaban J connectivity index is 2.58. The Morgan fingerprint density at radius 3 is 2.87 bits per heavy atom. The number of nitrogens with zero attached hydrogens (tertiary/aromatic N) is 4. The van der Waals surface area contributed by atoms with Gasteiger partial charge in [0, 0.05) is 6.54 Å². The highest BCUT2D eigenvalue weighted by Crippen LogP contribution is 2.17. The van der Waals surface area contributed by atoms with E-state index in [0.29, 0.717) is 0 Å². The summed E-state index contributed by atoms with van der Waals surface area (Å²) in [5, 5.41) is 17.1. The Bertz CT molecular complexity index is 511. The average Bonchev–Trinajstić information content (AvgIpc) is 2.68. The molecule has 0 amide bonds. The predicted molar refractivity (Wildman–Crippen MR) is 53.6 cm³/mol. The van der Waals surface area contributed by atoms with Crippen LogP contribution in [0.4, 0.5) is 0 Å². The minimum absolute atomic E-state index is 0.125. The van der Waals surface area contributed by atoms with Crippen molar-refractivity contribution in [3.63, 3.8) is 0 Å². The van der Waals surface area contributed by atoms with Crippen molar-refractivity contribution >= 4 is 17.0 Å². The SMILES string of the molecule is CCn1nc(C)c2c1cnn2CC(=O)O. The fourth-order valence-electron chi connectivity index (χ4n) is 1.71. The standard InChI is InChI=1S/C9H12N4O2/c1-3-12-7-4-10-13(5-8(14)15)9(7)6(2)11-12/h4H,3,5H2,1-2H3,(H,14,15). The maximum Gasteiger partial charge on any atom is 0.325 e. The molecule has 0 saturated heterocycles. The molecule has 0 spiro atoms. The van der Waals surface area contributed by atoms with Crippen LogP contribution in [0.2, 0.25) is 0 Å². The number of aromatic nitrogens is 4. The van der Waals surface area contributed by atoms with Crippen LogP contribution < -0.4 is 0 Å². The molecule has 15 heavy (non-hydrogen) atoms. The molecule has 0 unspecified atom stereocenters. The molecule has 0 radical (unpaired) electrons. The number of carbonyl (C=O) groups is 1. The van der Waals surface area contributed by atoms with Crippen molar-refractivity contribution in [2.75, 3.05) is 0 Å². The highest BCUT2D eigenvalue weighted by Gasteiger charge is 2.13. The Hall–Kier alpha value is -1.85. The smallest absolute Gasteiger partial charge is 0.325 e. The van der Waals surface area contributed by atoms with Gasteiger partial charge in [-0.2, -0.15) is 10.2 Å². The van der Waals surface area contributed by atoms with E-state index in [1.54, 1.807) is 6.20 Å². The zero-order valence-electron chi connectivity index (χ0n) is 8.64. The third-order valence-corrected chi connectivity index (χ3v) is 2.30. The van der Waals surface area contributed by atoms with Gasteiger partial charge in [-0.1, -0.05) is 0 Å². The molecule has 2 aromatic heterocycles. The molecule has 6 heteroatoms. The Morgan fingerprint density at radius 1 is 1.53 bits per heavy atom. The van der Waals surface area contributed by atoms with Crippen LogP contribution in [-0.2, 0) is 17.9 Å². The quantitative estimate of drug-likeness (QED) is 0.803. The maximum absolute atomic E-state index is 10.6. The van der Waals surface area contributed by atoms with Crippen molar-refractivity contribution in [3.8, 4) is 0 Å². The van der Waals surface area contributed by atoms with Crippen LogP contribution in [0, 0.1) is 6.92 Å². The molecule has 0 bridgehead atoms. The summed E-state index contributed by atoms with van der Waals surface area (Å²) in [6.07, 6.45) is 1.65. The van der Waals surface area contributed by atoms with E-state index in [1.165, 1.54) is 4.68 Å². The topological polar surface area (TPSA) is 72.9 Å². The van der Waals surface area contributed by atoms with Crippen molar-refractivity contribution in [3.05, 3.63) is 11.9 Å². The lowest BCUT2D eigenvalue weighted by Gasteiger charge is -1.96. The Labute approximate surface area is 86.1 Å². The molecule has 0 atom stereocenters. The lowest BCUT2D eigenvalue weighted by atomic mass is 10.4. The second kappa shape index (κ2) is 3.38. The molecule has 2 rings (SSSR count). The van der Waals surface area contributed by atoms with Crippen molar-refractivity contribution in [1.82, 2.24) is 19.6 Å². The van der Waals surface area contributed by atoms with Crippen LogP contribution in [0.3, 0.4) is 0 Å². The Kier molecular flexibility index (Phi) is 2.18. The molecule has 0 aromatic carbocycles. The zero-order valence-corrected chi connectivity index (χ0v) is 8.64. The van der Waals surface area contributed by atoms with Gasteiger partial charge in [0.1, 0.15) is 17.6 Å². The molecule has 2 heterocycles. The second-order valence-corrected chi connectivity index (χ2v) is 3.33. The first-order chi connectivity index (χ1) is 7.13. The lowest BCUT2D eigenvalue weighted by Crippen LogP contribution is -2.09. The normalized spacial score (nSPS) is 11.1. The second-order valence-electron chi connectivity index (χ2n) is 3.33. The van der Waals surface area contributed by atoms with Gasteiger partial charge in [0.05, 0.1) is 11.9 Å². The van der Waals surface area contributed by atoms with Gasteiger partial charge in [-0.15, -0.1) is 0 Å². The monoisotopic (exact) mass is 208 g/mol. The summed E-state index contributed by atoms with van der Waals surface area (Å²) in [6.45, 7) is 4.47. The van der Waals surface area contributed by atoms with Crippen LogP contribution in [0.5, 0.6) is 0 Å². The molecule has 2 aromatic rings. The van der Waals surface area contributed by atoms with Gasteiger partial charge in [0.15, 0.2) is 0 Å². The Morgan fingerprint density at radius 2 is 2.27 bits per heavy atom. The van der Waals surface area contributed by atoms with E-state index in [4.69, 9.17) is 5.11 Å². The summed E-state index contributed by atoms with van der Waals surface area (Å²) in [5.41, 5.74) is 2.50. The highest BCUT2D eigenvalue weighted by atomic mass is 16.4. The number of hydrogen-bond donors (Lipinski definition) is 1. The molecule has 0 aliphatic heterocycles. The fourth-order valence-corrected chi connectivity index (χ4v) is 1.71. The van der Waals surface area contributed by atoms with Crippen LogP contribution in [0.15, 0.2) is 6.20 Å². The number of aliphatic carboxylic acids is 1. The molecule has 0 aliphatic rings. The van der Waals surface area contributed by atoms with Gasteiger partial charge in [-0.25, -0.2) is 0 Å². The van der Waals surface area contributed by atoms with Crippen molar-refractivity contribution < 1.29 is 9.90 Å². The minimum Gasteiger partial charge on any atom is -0.480 e. The van der Waals surface area contributed by atoms with Crippen LogP contribution in [0.1, 0.15) is 12.6 Å². The highest BCUT2D eigenvalue weighted by molar-refractivity contribution is 5.79. The summed E-state index contributed by atoms with van der Waals surface area (Å²) in [5.74, 6) is -0.899. The summed E-state index contributed by atoms with van der Waals surface area (Å²) >= 11 is 0. The molecule has 0 saturated carbocycles. The largest absolute Gasteiger partial charge is 0.480 e. The molecule has 6 nitrogen and oxygen atoms in total. The van der Waals surface area contributed by atoms with E-state index in [9.17, 15) is 4.79 Å². The van der Waals surface area contributed by atoms with Gasteiger partial charge in [-0.3, -0.25) is 14.2 Å². The average molecular weight is 208 g/mol. The van der Waals surface area contributed by atoms with E-state index in [1.807, 2.05) is 18.5 Å². The summed E-state index contributed by atoms with van der Waals surface area (Å²) in [4.78, 5) is 10.6. The predicted octanol–water partition coefficient (Wildman–Crippen LogP) is 0.646. The third-order valence-electron chi connectivity index (χ3n) is 2.30. The first kappa shape index (κ1) is 9.70. The van der Waals surface area contributed by atoms with Crippen LogP contribution in [0.25, 0.3) is 11.0 Å². The lowest BCUT2D eigenvalue weighted by molar-refractivity contribution is -0.137. The van der Waals surface area contributed by atoms with Crippen molar-refractivity contribution in [2.24, 2.45) is 0 Å². The molecule has 0 fully saturated rings. The summed E-state index contributed by atoms with van der Waals surface area (Å²) in [6, 6.07) is 0. The number of carboxylic acid groups (broad SMARTS) is 1. The number of aryl methyl sites for hydroxylation is 2. The van der Waals surface area contributed by atoms with Gasteiger partial charge in [-0.05, 0) is 13.8 Å². The summed E-state index contributed by atoms with van der Waals surface area (Å²) < 4.78 is 3.28. The molecule has 80 valence electrons. The van der Waals surface area contributed by atoms with Gasteiger partial charge < -0.3 is 5.11 Å². The maximum atomic E-state index is 10.6. The van der Waals surface area contributed by atoms with E-state index >= 15 is 0 Å². The first-order valence-electron chi connectivity index (χ1n) is 4.74. The van der Waals surface area contributed by atoms with E-state index < -0.39 is 5.97 Å². The van der Waals surface area contributed by atoms with Gasteiger partial charge in [0.25, 0.3) is 0 Å². The molecule has 1 N–H and O–H groups in total. The van der Waals surface area contributed by atoms with Gasteiger partial charge in [0.2, 0.25) is 0 Å². The first-order valence-corrected chi connectivity index (χ1v) is 4.74. The van der Waals surface area contributed by atoms with Crippen molar-refractivity contribution in [2.45, 2.75) is 26.9 Å². The number of fused-ring (bicyclic) bond motifs is 1. The fraction of sp³-hybridized carbons (Fsp3) is 0.444. The van der Waals surface area contributed by atoms with E-state index in [-0.39, 0.29) is 6.54 Å². The number of hydrogen-bond acceptors (Lipinski definition) is 3. The molecular weight excluding hydrogens is 196 g/mol. The van der Waals surface area contributed by atoms with Crippen LogP contribution in [-0.4, -0.2) is 30.6 Å². The molecular formula is C9H12N4O2. The van der Waals surface area contributed by atoms with E-state index in [0.717, 1.165) is 23.3 Å². The van der Waals surface area contributed by atoms with Crippen LogP contribution >= 0.6 is 0 Å².